The van der Waals surface area contributed by atoms with Crippen molar-refractivity contribution in [2.24, 2.45) is 11.5 Å². The molecule has 0 unspecified atom stereocenters. The van der Waals surface area contributed by atoms with Gasteiger partial charge in [0.1, 0.15) is 0 Å². The van der Waals surface area contributed by atoms with Crippen LogP contribution in [0.25, 0.3) is 0 Å². The molecule has 4 N–H and O–H groups in total. The van der Waals surface area contributed by atoms with Gasteiger partial charge in [-0.3, -0.25) is 0 Å². The molecule has 0 aromatic carbocycles. The van der Waals surface area contributed by atoms with Crippen LogP contribution in [0.15, 0.2) is 0 Å². The minimum absolute atomic E-state index is 0. The molecule has 0 aliphatic rings. The molecule has 29 valence electrons. The Morgan fingerprint density at radius 2 is 1.40 bits per heavy atom. The summed E-state index contributed by atoms with van der Waals surface area (Å²) in [6.07, 6.45) is 0. The topological polar surface area (TPSA) is 52.0 Å². The summed E-state index contributed by atoms with van der Waals surface area (Å²) in [6, 6.07) is 0. The maximum atomic E-state index is 4.62. The molecule has 2 nitrogen and oxygen atoms in total. The van der Waals surface area contributed by atoms with E-state index in [-0.39, 0.29) is 23.1 Å². The van der Waals surface area contributed by atoms with E-state index in [1.54, 1.807) is 0 Å². The van der Waals surface area contributed by atoms with Gasteiger partial charge in [-0.1, -0.05) is 0 Å². The smallest absolute Gasteiger partial charge is 0.160 e. The zero-order valence-electron chi connectivity index (χ0n) is 2.51. The van der Waals surface area contributed by atoms with Crippen LogP contribution in [0.5, 0.6) is 0 Å². The van der Waals surface area contributed by atoms with E-state index in [1.807, 2.05) is 0 Å². The van der Waals surface area contributed by atoms with Crippen LogP contribution < -0.4 is 11.5 Å². The molecule has 0 fully saturated rings. The number of rotatable bonds is 0. The summed E-state index contributed by atoms with van der Waals surface area (Å²) in [5.41, 5.74) is 9.24. The standard InChI is InChI=1S/CH4N2S.As/c2-1(3)4;/h(H4,2,3,4);. The van der Waals surface area contributed by atoms with Gasteiger partial charge in [-0.2, -0.15) is 0 Å². The van der Waals surface area contributed by atoms with Gasteiger partial charge in [0.25, 0.3) is 0 Å². The van der Waals surface area contributed by atoms with Crippen LogP contribution in [-0.4, -0.2) is 23.1 Å². The summed E-state index contributed by atoms with van der Waals surface area (Å²) in [7, 11) is 0. The molecule has 0 rings (SSSR count). The molecule has 0 aliphatic heterocycles. The Labute approximate surface area is 47.2 Å². The SMILES string of the molecule is NC(N)=S.[As]. The molecule has 3 radical (unpaired) electrons. The Balaban J connectivity index is 0. The van der Waals surface area contributed by atoms with E-state index in [9.17, 15) is 0 Å². The number of hydrogen-bond acceptors (Lipinski definition) is 1. The molecule has 5 heavy (non-hydrogen) atoms. The van der Waals surface area contributed by atoms with Crippen molar-refractivity contribution in [2.75, 3.05) is 0 Å². The van der Waals surface area contributed by atoms with Crippen molar-refractivity contribution in [1.82, 2.24) is 0 Å². The first kappa shape index (κ1) is 8.98. The van der Waals surface area contributed by atoms with Crippen LogP contribution in [0, 0.1) is 0 Å². The molecule has 0 saturated heterocycles. The van der Waals surface area contributed by atoms with E-state index in [1.165, 1.54) is 0 Å². The average Bonchev–Trinajstić information content (AvgIpc) is 0.811. The molecule has 0 spiro atoms. The molecule has 0 aromatic rings. The first-order valence-corrected chi connectivity index (χ1v) is 1.19. The fourth-order valence-electron chi connectivity index (χ4n) is 0. The van der Waals surface area contributed by atoms with Gasteiger partial charge in [-0.05, 0) is 12.2 Å². The van der Waals surface area contributed by atoms with Gasteiger partial charge < -0.3 is 11.5 Å². The number of hydrogen-bond donors (Lipinski definition) is 2. The van der Waals surface area contributed by atoms with Crippen molar-refractivity contribution in [3.8, 4) is 0 Å². The van der Waals surface area contributed by atoms with Crippen LogP contribution in [0.1, 0.15) is 0 Å². The van der Waals surface area contributed by atoms with Gasteiger partial charge in [-0.25, -0.2) is 0 Å². The van der Waals surface area contributed by atoms with Gasteiger partial charge in [0.2, 0.25) is 0 Å². The minimum atomic E-state index is 0. The molecule has 0 heterocycles. The maximum Gasteiger partial charge on any atom is 0.160 e. The van der Waals surface area contributed by atoms with E-state index in [4.69, 9.17) is 0 Å². The molecule has 4 heteroatoms. The zero-order valence-corrected chi connectivity index (χ0v) is 5.20. The second-order valence-corrected chi connectivity index (χ2v) is 0.874. The fourth-order valence-corrected chi connectivity index (χ4v) is 0. The monoisotopic (exact) mass is 151 g/mol. The summed E-state index contributed by atoms with van der Waals surface area (Å²) in [5, 5.41) is 0.000000000000000222. The third-order valence-corrected chi connectivity index (χ3v) is 0. The van der Waals surface area contributed by atoms with Gasteiger partial charge >= 0.3 is 0 Å². The van der Waals surface area contributed by atoms with Crippen molar-refractivity contribution in [3.05, 3.63) is 0 Å². The summed E-state index contributed by atoms with van der Waals surface area (Å²) in [4.78, 5) is 0. The molecular formula is CH4AsN2S. The summed E-state index contributed by atoms with van der Waals surface area (Å²) in [6.45, 7) is 0. The summed E-state index contributed by atoms with van der Waals surface area (Å²) < 4.78 is 0. The molecule has 0 bridgehead atoms. The van der Waals surface area contributed by atoms with Crippen LogP contribution in [-0.2, 0) is 0 Å². The van der Waals surface area contributed by atoms with E-state index in [0.717, 1.165) is 0 Å². The van der Waals surface area contributed by atoms with Gasteiger partial charge in [-0.15, -0.1) is 0 Å². The third-order valence-electron chi connectivity index (χ3n) is 0. The normalized spacial score (nSPS) is 4.80. The van der Waals surface area contributed by atoms with Crippen LogP contribution in [0.3, 0.4) is 0 Å². The van der Waals surface area contributed by atoms with Gasteiger partial charge in [0.15, 0.2) is 5.11 Å². The maximum absolute atomic E-state index is 4.62. The van der Waals surface area contributed by atoms with E-state index in [2.05, 4.69) is 23.7 Å². The number of nitrogens with two attached hydrogens (primary N) is 2. The summed E-state index contributed by atoms with van der Waals surface area (Å²) >= 11 is 4.09. The van der Waals surface area contributed by atoms with Crippen molar-refractivity contribution >= 4 is 35.3 Å². The second-order valence-electron chi connectivity index (χ2n) is 0.402. The molecule has 0 aromatic heterocycles. The van der Waals surface area contributed by atoms with Crippen molar-refractivity contribution < 1.29 is 0 Å². The Kier molecular flexibility index (Phi) is 7.63. The second kappa shape index (κ2) is 4.25. The summed E-state index contributed by atoms with van der Waals surface area (Å²) in [5.74, 6) is 0. The largest absolute Gasteiger partial charge is 0.377 e. The molecular weight excluding hydrogens is 147 g/mol. The molecule has 0 atom stereocenters. The van der Waals surface area contributed by atoms with E-state index >= 15 is 0 Å². The van der Waals surface area contributed by atoms with E-state index < -0.39 is 0 Å². The quantitative estimate of drug-likeness (QED) is 0.338. The first-order valence-electron chi connectivity index (χ1n) is 0.781. The Bertz CT molecular complexity index is 32.6. The molecule has 0 aliphatic carbocycles. The predicted octanol–water partition coefficient (Wildman–Crippen LogP) is -1.19. The zero-order chi connectivity index (χ0) is 3.58. The van der Waals surface area contributed by atoms with E-state index in [0.29, 0.717) is 0 Å². The third kappa shape index (κ3) is 348. The van der Waals surface area contributed by atoms with Crippen molar-refractivity contribution in [1.29, 1.82) is 0 Å². The van der Waals surface area contributed by atoms with Crippen LogP contribution in [0.4, 0.5) is 0 Å². The Hall–Kier alpha value is 0.248. The van der Waals surface area contributed by atoms with Crippen LogP contribution in [0.2, 0.25) is 0 Å². The predicted molar refractivity (Wildman–Crippen MR) is 26.7 cm³/mol. The Morgan fingerprint density at radius 1 is 1.40 bits per heavy atom. The molecule has 0 amide bonds. The van der Waals surface area contributed by atoms with Gasteiger partial charge in [0.05, 0.1) is 0 Å². The van der Waals surface area contributed by atoms with Crippen molar-refractivity contribution in [3.63, 3.8) is 0 Å². The van der Waals surface area contributed by atoms with Gasteiger partial charge in [0, 0.05) is 18.0 Å². The molecule has 0 saturated carbocycles. The fraction of sp³-hybridized carbons (Fsp3) is 0. The number of thiocarbonyl (C=S) groups is 1. The minimum Gasteiger partial charge on any atom is -0.377 e. The van der Waals surface area contributed by atoms with Crippen molar-refractivity contribution in [2.45, 2.75) is 0 Å². The Morgan fingerprint density at radius 3 is 1.40 bits per heavy atom. The van der Waals surface area contributed by atoms with Crippen LogP contribution >= 0.6 is 12.2 Å². The average molecular weight is 151 g/mol. The first-order chi connectivity index (χ1) is 1.73.